The highest BCUT2D eigenvalue weighted by Crippen LogP contribution is 2.15. The lowest BCUT2D eigenvalue weighted by Gasteiger charge is -2.05. The molecule has 114 valence electrons. The number of hydrogen-bond acceptors (Lipinski definition) is 3. The van der Waals surface area contributed by atoms with Gasteiger partial charge in [-0.25, -0.2) is 4.79 Å². The zero-order valence-electron chi connectivity index (χ0n) is 12.6. The van der Waals surface area contributed by atoms with Gasteiger partial charge in [0.05, 0.1) is 5.52 Å². The van der Waals surface area contributed by atoms with E-state index in [2.05, 4.69) is 12.2 Å². The van der Waals surface area contributed by atoms with Gasteiger partial charge in [0.1, 0.15) is 0 Å². The van der Waals surface area contributed by atoms with Gasteiger partial charge >= 0.3 is 5.76 Å². The van der Waals surface area contributed by atoms with Gasteiger partial charge < -0.3 is 9.73 Å². The van der Waals surface area contributed by atoms with Crippen LogP contribution in [0.2, 0.25) is 0 Å². The molecule has 0 aliphatic heterocycles. The van der Waals surface area contributed by atoms with E-state index in [0.717, 1.165) is 36.9 Å². The molecule has 0 aliphatic rings. The van der Waals surface area contributed by atoms with Crippen molar-refractivity contribution in [3.05, 3.63) is 34.3 Å². The Kier molecular flexibility index (Phi) is 5.20. The van der Waals surface area contributed by atoms with Gasteiger partial charge in [0, 0.05) is 20.0 Å². The Morgan fingerprint density at radius 2 is 2.14 bits per heavy atom. The molecule has 0 unspecified atom stereocenters. The topological polar surface area (TPSA) is 64.2 Å². The van der Waals surface area contributed by atoms with Crippen molar-refractivity contribution in [1.82, 2.24) is 9.88 Å². The summed E-state index contributed by atoms with van der Waals surface area (Å²) in [5.74, 6) is -0.289. The first-order valence-corrected chi connectivity index (χ1v) is 7.47. The predicted octanol–water partition coefficient (Wildman–Crippen LogP) is 2.37. The van der Waals surface area contributed by atoms with Crippen LogP contribution in [-0.2, 0) is 18.3 Å². The van der Waals surface area contributed by atoms with Crippen LogP contribution in [0.25, 0.3) is 11.1 Å². The number of rotatable bonds is 7. The molecule has 0 atom stereocenters. The number of nitrogens with one attached hydrogen (secondary N) is 1. The number of fused-ring (bicyclic) bond motifs is 1. The quantitative estimate of drug-likeness (QED) is 0.796. The minimum absolute atomic E-state index is 0.0762. The van der Waals surface area contributed by atoms with Crippen molar-refractivity contribution in [1.29, 1.82) is 0 Å². The number of carbonyl (C=O) groups excluding carboxylic acids is 1. The molecule has 5 heteroatoms. The van der Waals surface area contributed by atoms with Crippen LogP contribution in [0, 0.1) is 0 Å². The number of carbonyl (C=O) groups is 1. The summed E-state index contributed by atoms with van der Waals surface area (Å²) in [5, 5.41) is 2.93. The highest BCUT2D eigenvalue weighted by Gasteiger charge is 2.07. The fourth-order valence-electron chi connectivity index (χ4n) is 2.28. The molecule has 5 nitrogen and oxygen atoms in total. The summed E-state index contributed by atoms with van der Waals surface area (Å²) in [6.45, 7) is 2.89. The third-order valence-corrected chi connectivity index (χ3v) is 3.60. The summed E-state index contributed by atoms with van der Waals surface area (Å²) < 4.78 is 6.56. The van der Waals surface area contributed by atoms with E-state index in [1.165, 1.54) is 4.57 Å². The molecule has 0 fully saturated rings. The molecule has 1 aromatic carbocycles. The number of aryl methyl sites for hydroxylation is 2. The number of aromatic nitrogens is 1. The molecule has 2 rings (SSSR count). The van der Waals surface area contributed by atoms with Gasteiger partial charge in [0.15, 0.2) is 5.58 Å². The Morgan fingerprint density at radius 1 is 1.33 bits per heavy atom. The molecule has 1 aromatic heterocycles. The van der Waals surface area contributed by atoms with Crippen molar-refractivity contribution < 1.29 is 9.21 Å². The van der Waals surface area contributed by atoms with Crippen LogP contribution in [-0.4, -0.2) is 17.0 Å². The van der Waals surface area contributed by atoms with Crippen molar-refractivity contribution in [3.8, 4) is 0 Å². The Balaban J connectivity index is 1.90. The van der Waals surface area contributed by atoms with E-state index in [0.29, 0.717) is 18.4 Å². The summed E-state index contributed by atoms with van der Waals surface area (Å²) >= 11 is 0. The third kappa shape index (κ3) is 3.97. The monoisotopic (exact) mass is 290 g/mol. The molecule has 0 radical (unpaired) electrons. The van der Waals surface area contributed by atoms with Crippen LogP contribution >= 0.6 is 0 Å². The Labute approximate surface area is 123 Å². The average Bonchev–Trinajstić information content (AvgIpc) is 2.76. The summed E-state index contributed by atoms with van der Waals surface area (Å²) in [5.41, 5.74) is 2.37. The number of benzene rings is 1. The minimum Gasteiger partial charge on any atom is -0.408 e. The summed E-state index contributed by atoms with van der Waals surface area (Å²) in [4.78, 5) is 23.1. The predicted molar refractivity (Wildman–Crippen MR) is 82.3 cm³/mol. The average molecular weight is 290 g/mol. The van der Waals surface area contributed by atoms with Crippen molar-refractivity contribution >= 4 is 17.0 Å². The molecule has 1 N–H and O–H groups in total. The number of unbranched alkanes of at least 4 members (excludes halogenated alkanes) is 2. The maximum Gasteiger partial charge on any atom is 0.419 e. The van der Waals surface area contributed by atoms with Crippen LogP contribution in [0.4, 0.5) is 0 Å². The maximum atomic E-state index is 11.7. The highest BCUT2D eigenvalue weighted by molar-refractivity contribution is 5.77. The van der Waals surface area contributed by atoms with Gasteiger partial charge in [-0.2, -0.15) is 0 Å². The molecule has 1 heterocycles. The standard InChI is InChI=1S/C16H22N2O3/c1-3-4-5-10-17-15(19)9-7-12-6-8-14-13(11-12)18(2)16(20)21-14/h6,8,11H,3-5,7,9-10H2,1-2H3,(H,17,19). The minimum atomic E-state index is -0.365. The Hall–Kier alpha value is -2.04. The van der Waals surface area contributed by atoms with E-state index in [9.17, 15) is 9.59 Å². The van der Waals surface area contributed by atoms with Crippen molar-refractivity contribution in [3.63, 3.8) is 0 Å². The van der Waals surface area contributed by atoms with E-state index >= 15 is 0 Å². The maximum absolute atomic E-state index is 11.7. The largest absolute Gasteiger partial charge is 0.419 e. The second-order valence-corrected chi connectivity index (χ2v) is 5.29. The Morgan fingerprint density at radius 3 is 2.90 bits per heavy atom. The van der Waals surface area contributed by atoms with Gasteiger partial charge in [0.2, 0.25) is 5.91 Å². The van der Waals surface area contributed by atoms with Crippen LogP contribution in [0.3, 0.4) is 0 Å². The summed E-state index contributed by atoms with van der Waals surface area (Å²) in [7, 11) is 1.68. The fourth-order valence-corrected chi connectivity index (χ4v) is 2.28. The molecular formula is C16H22N2O3. The second kappa shape index (κ2) is 7.11. The number of nitrogens with zero attached hydrogens (tertiary/aromatic N) is 1. The van der Waals surface area contributed by atoms with E-state index in [1.807, 2.05) is 12.1 Å². The van der Waals surface area contributed by atoms with E-state index in [1.54, 1.807) is 13.1 Å². The lowest BCUT2D eigenvalue weighted by Crippen LogP contribution is -2.24. The molecule has 2 aromatic rings. The second-order valence-electron chi connectivity index (χ2n) is 5.29. The zero-order chi connectivity index (χ0) is 15.2. The third-order valence-electron chi connectivity index (χ3n) is 3.60. The molecule has 0 saturated carbocycles. The number of oxazole rings is 1. The van der Waals surface area contributed by atoms with Gasteiger partial charge in [-0.15, -0.1) is 0 Å². The summed E-state index contributed by atoms with van der Waals surface area (Å²) in [6.07, 6.45) is 4.45. The molecule has 0 saturated heterocycles. The van der Waals surface area contributed by atoms with Crippen molar-refractivity contribution in [2.45, 2.75) is 39.0 Å². The van der Waals surface area contributed by atoms with E-state index in [-0.39, 0.29) is 11.7 Å². The molecule has 0 bridgehead atoms. The number of hydrogen-bond donors (Lipinski definition) is 1. The first-order valence-electron chi connectivity index (χ1n) is 7.47. The van der Waals surface area contributed by atoms with Crippen molar-refractivity contribution in [2.24, 2.45) is 7.05 Å². The van der Waals surface area contributed by atoms with Gasteiger partial charge in [0.25, 0.3) is 0 Å². The van der Waals surface area contributed by atoms with Crippen LogP contribution in [0.1, 0.15) is 38.2 Å². The molecule has 0 aliphatic carbocycles. The van der Waals surface area contributed by atoms with Crippen LogP contribution < -0.4 is 11.1 Å². The zero-order valence-corrected chi connectivity index (χ0v) is 12.6. The van der Waals surface area contributed by atoms with Gasteiger partial charge in [-0.1, -0.05) is 25.8 Å². The molecule has 0 spiro atoms. The number of amides is 1. The first kappa shape index (κ1) is 15.4. The smallest absolute Gasteiger partial charge is 0.408 e. The normalized spacial score (nSPS) is 11.0. The molecule has 1 amide bonds. The fraction of sp³-hybridized carbons (Fsp3) is 0.500. The van der Waals surface area contributed by atoms with Crippen molar-refractivity contribution in [2.75, 3.05) is 6.54 Å². The lowest BCUT2D eigenvalue weighted by molar-refractivity contribution is -0.121. The first-order chi connectivity index (χ1) is 10.1. The highest BCUT2D eigenvalue weighted by atomic mass is 16.4. The van der Waals surface area contributed by atoms with E-state index < -0.39 is 0 Å². The van der Waals surface area contributed by atoms with Gasteiger partial charge in [-0.3, -0.25) is 9.36 Å². The van der Waals surface area contributed by atoms with Crippen LogP contribution in [0.5, 0.6) is 0 Å². The van der Waals surface area contributed by atoms with E-state index in [4.69, 9.17) is 4.42 Å². The SMILES string of the molecule is CCCCCNC(=O)CCc1ccc2oc(=O)n(C)c2c1. The van der Waals surface area contributed by atoms with Crippen LogP contribution in [0.15, 0.2) is 27.4 Å². The summed E-state index contributed by atoms with van der Waals surface area (Å²) in [6, 6.07) is 5.59. The molecular weight excluding hydrogens is 268 g/mol. The lowest BCUT2D eigenvalue weighted by atomic mass is 10.1. The Bertz CT molecular complexity index is 670. The molecule has 21 heavy (non-hydrogen) atoms. The van der Waals surface area contributed by atoms with Gasteiger partial charge in [-0.05, 0) is 30.5 Å².